The Labute approximate surface area is 157 Å². The van der Waals surface area contributed by atoms with Gasteiger partial charge in [-0.3, -0.25) is 9.52 Å². The molecule has 1 heterocycles. The third kappa shape index (κ3) is 3.50. The van der Waals surface area contributed by atoms with E-state index in [1.54, 1.807) is 31.3 Å². The van der Waals surface area contributed by atoms with E-state index in [0.717, 1.165) is 5.56 Å². The van der Waals surface area contributed by atoms with Gasteiger partial charge in [-0.25, -0.2) is 8.42 Å². The number of anilines is 1. The van der Waals surface area contributed by atoms with Crippen molar-refractivity contribution in [3.05, 3.63) is 59.3 Å². The van der Waals surface area contributed by atoms with Gasteiger partial charge in [0, 0.05) is 23.7 Å². The molecule has 1 amide bonds. The molecule has 1 aromatic heterocycles. The van der Waals surface area contributed by atoms with Crippen LogP contribution in [0, 0.1) is 18.3 Å². The second-order valence-electron chi connectivity index (χ2n) is 5.99. The molecule has 7 nitrogen and oxygen atoms in total. The summed E-state index contributed by atoms with van der Waals surface area (Å²) < 4.78 is 28.2. The second-order valence-corrected chi connectivity index (χ2v) is 7.67. The molecule has 0 saturated heterocycles. The Kier molecular flexibility index (Phi) is 4.88. The van der Waals surface area contributed by atoms with Gasteiger partial charge in [-0.05, 0) is 43.7 Å². The molecule has 0 spiro atoms. The van der Waals surface area contributed by atoms with Crippen molar-refractivity contribution >= 4 is 32.5 Å². The summed E-state index contributed by atoms with van der Waals surface area (Å²) in [5, 5.41) is 12.5. The average Bonchev–Trinajstić information content (AvgIpc) is 3.09. The Bertz CT molecular complexity index is 1170. The van der Waals surface area contributed by atoms with Crippen LogP contribution in [0.2, 0.25) is 0 Å². The largest absolute Gasteiger partial charge is 0.358 e. The standard InChI is InChI=1S/C19H18N4O3S/c1-3-21-19(24)13-5-4-6-15(9-13)27(25,26)23-16-8-7-12(2)17-14(10-20)11-22-18(16)17/h4-9,11,22-23H,3H2,1-2H3,(H,21,24). The van der Waals surface area contributed by atoms with E-state index in [0.29, 0.717) is 28.7 Å². The number of hydrogen-bond donors (Lipinski definition) is 3. The molecule has 0 unspecified atom stereocenters. The molecule has 3 N–H and O–H groups in total. The number of nitrogens with one attached hydrogen (secondary N) is 3. The number of aromatic nitrogens is 1. The van der Waals surface area contributed by atoms with E-state index in [4.69, 9.17) is 0 Å². The molecule has 8 heteroatoms. The maximum absolute atomic E-state index is 12.8. The van der Waals surface area contributed by atoms with Crippen molar-refractivity contribution in [2.45, 2.75) is 18.7 Å². The minimum absolute atomic E-state index is 0.0213. The number of carbonyl (C=O) groups excluding carboxylic acids is 1. The van der Waals surface area contributed by atoms with Crippen molar-refractivity contribution < 1.29 is 13.2 Å². The lowest BCUT2D eigenvalue weighted by atomic mass is 10.1. The number of sulfonamides is 1. The van der Waals surface area contributed by atoms with Crippen molar-refractivity contribution in [1.82, 2.24) is 10.3 Å². The van der Waals surface area contributed by atoms with Crippen LogP contribution in [0.15, 0.2) is 47.5 Å². The summed E-state index contributed by atoms with van der Waals surface area (Å²) in [4.78, 5) is 14.9. The third-order valence-electron chi connectivity index (χ3n) is 4.15. The van der Waals surface area contributed by atoms with Crippen LogP contribution in [0.5, 0.6) is 0 Å². The first-order valence-corrected chi connectivity index (χ1v) is 9.77. The fraction of sp³-hybridized carbons (Fsp3) is 0.158. The highest BCUT2D eigenvalue weighted by atomic mass is 32.2. The molecule has 2 aromatic carbocycles. The minimum Gasteiger partial charge on any atom is -0.358 e. The lowest BCUT2D eigenvalue weighted by molar-refractivity contribution is 0.0955. The van der Waals surface area contributed by atoms with Gasteiger partial charge in [0.15, 0.2) is 0 Å². The maximum Gasteiger partial charge on any atom is 0.261 e. The van der Waals surface area contributed by atoms with E-state index in [1.807, 2.05) is 6.92 Å². The first kappa shape index (κ1) is 18.5. The molecule has 3 aromatic rings. The fourth-order valence-electron chi connectivity index (χ4n) is 2.86. The van der Waals surface area contributed by atoms with Gasteiger partial charge in [0.05, 0.1) is 21.7 Å². The van der Waals surface area contributed by atoms with Crippen molar-refractivity contribution in [3.63, 3.8) is 0 Å². The Morgan fingerprint density at radius 1 is 1.26 bits per heavy atom. The first-order chi connectivity index (χ1) is 12.9. The summed E-state index contributed by atoms with van der Waals surface area (Å²) in [6.07, 6.45) is 1.55. The molecular formula is C19H18N4O3S. The number of amides is 1. The monoisotopic (exact) mass is 382 g/mol. The number of rotatable bonds is 5. The van der Waals surface area contributed by atoms with Crippen LogP contribution in [-0.4, -0.2) is 25.9 Å². The summed E-state index contributed by atoms with van der Waals surface area (Å²) in [5.74, 6) is -0.338. The summed E-state index contributed by atoms with van der Waals surface area (Å²) in [6, 6.07) is 11.3. The highest BCUT2D eigenvalue weighted by molar-refractivity contribution is 7.92. The van der Waals surface area contributed by atoms with E-state index in [9.17, 15) is 18.5 Å². The second kappa shape index (κ2) is 7.13. The third-order valence-corrected chi connectivity index (χ3v) is 5.52. The van der Waals surface area contributed by atoms with Crippen molar-refractivity contribution in [3.8, 4) is 6.07 Å². The van der Waals surface area contributed by atoms with E-state index < -0.39 is 10.0 Å². The molecule has 0 saturated carbocycles. The van der Waals surface area contributed by atoms with E-state index >= 15 is 0 Å². The van der Waals surface area contributed by atoms with Crippen LogP contribution in [0.4, 0.5) is 5.69 Å². The molecule has 0 bridgehead atoms. The number of aromatic amines is 1. The molecule has 3 rings (SSSR count). The molecule has 0 aliphatic heterocycles. The number of H-pyrrole nitrogens is 1. The first-order valence-electron chi connectivity index (χ1n) is 8.29. The number of fused-ring (bicyclic) bond motifs is 1. The van der Waals surface area contributed by atoms with Crippen molar-refractivity contribution in [1.29, 1.82) is 5.26 Å². The quantitative estimate of drug-likeness (QED) is 0.629. The Balaban J connectivity index is 2.01. The predicted octanol–water partition coefficient (Wildman–Crippen LogP) is 2.90. The molecular weight excluding hydrogens is 364 g/mol. The van der Waals surface area contributed by atoms with Gasteiger partial charge < -0.3 is 10.3 Å². The van der Waals surface area contributed by atoms with Gasteiger partial charge in [0.1, 0.15) is 6.07 Å². The Morgan fingerprint density at radius 3 is 2.74 bits per heavy atom. The van der Waals surface area contributed by atoms with Crippen LogP contribution < -0.4 is 10.0 Å². The van der Waals surface area contributed by atoms with Gasteiger partial charge >= 0.3 is 0 Å². The van der Waals surface area contributed by atoms with Gasteiger partial charge in [0.25, 0.3) is 15.9 Å². The highest BCUT2D eigenvalue weighted by Gasteiger charge is 2.19. The summed E-state index contributed by atoms with van der Waals surface area (Å²) >= 11 is 0. The zero-order valence-electron chi connectivity index (χ0n) is 14.8. The maximum atomic E-state index is 12.8. The lowest BCUT2D eigenvalue weighted by Crippen LogP contribution is -2.23. The van der Waals surface area contributed by atoms with E-state index in [-0.39, 0.29) is 16.4 Å². The number of aryl methyl sites for hydroxylation is 1. The molecule has 0 aliphatic rings. The normalized spacial score (nSPS) is 11.1. The summed E-state index contributed by atoms with van der Waals surface area (Å²) in [5.41, 5.74) is 2.45. The van der Waals surface area contributed by atoms with Crippen LogP contribution in [0.1, 0.15) is 28.4 Å². The molecule has 0 aliphatic carbocycles. The molecule has 0 radical (unpaired) electrons. The smallest absolute Gasteiger partial charge is 0.261 e. The minimum atomic E-state index is -3.92. The van der Waals surface area contributed by atoms with Crippen LogP contribution in [0.3, 0.4) is 0 Å². The molecule has 0 fully saturated rings. The van der Waals surface area contributed by atoms with Gasteiger partial charge in [0.2, 0.25) is 0 Å². The number of carbonyl (C=O) groups is 1. The van der Waals surface area contributed by atoms with Gasteiger partial charge in [-0.2, -0.15) is 5.26 Å². The molecule has 27 heavy (non-hydrogen) atoms. The summed E-state index contributed by atoms with van der Waals surface area (Å²) in [7, 11) is -3.92. The van der Waals surface area contributed by atoms with Gasteiger partial charge in [-0.1, -0.05) is 12.1 Å². The summed E-state index contributed by atoms with van der Waals surface area (Å²) in [6.45, 7) is 4.09. The SMILES string of the molecule is CCNC(=O)c1cccc(S(=O)(=O)Nc2ccc(C)c3c(C#N)c[nH]c23)c1. The zero-order chi connectivity index (χ0) is 19.6. The topological polar surface area (TPSA) is 115 Å². The number of nitriles is 1. The number of hydrogen-bond acceptors (Lipinski definition) is 4. The Hall–Kier alpha value is -3.31. The molecule has 0 atom stereocenters. The lowest BCUT2D eigenvalue weighted by Gasteiger charge is -2.11. The fourth-order valence-corrected chi connectivity index (χ4v) is 3.98. The average molecular weight is 382 g/mol. The zero-order valence-corrected chi connectivity index (χ0v) is 15.6. The van der Waals surface area contributed by atoms with Crippen LogP contribution in [-0.2, 0) is 10.0 Å². The highest BCUT2D eigenvalue weighted by Crippen LogP contribution is 2.30. The van der Waals surface area contributed by atoms with Crippen molar-refractivity contribution in [2.75, 3.05) is 11.3 Å². The molecule has 138 valence electrons. The van der Waals surface area contributed by atoms with Crippen LogP contribution >= 0.6 is 0 Å². The number of benzene rings is 2. The van der Waals surface area contributed by atoms with E-state index in [2.05, 4.69) is 21.1 Å². The van der Waals surface area contributed by atoms with Crippen LogP contribution in [0.25, 0.3) is 10.9 Å². The van der Waals surface area contributed by atoms with Crippen molar-refractivity contribution in [2.24, 2.45) is 0 Å². The number of nitrogens with zero attached hydrogens (tertiary/aromatic N) is 1. The predicted molar refractivity (Wildman–Crippen MR) is 103 cm³/mol. The van der Waals surface area contributed by atoms with E-state index in [1.165, 1.54) is 18.2 Å². The van der Waals surface area contributed by atoms with Gasteiger partial charge in [-0.15, -0.1) is 0 Å². The Morgan fingerprint density at radius 2 is 2.04 bits per heavy atom.